The number of nitrogens with zero attached hydrogens (tertiary/aromatic N) is 3. The number of nitriles is 1. The maximum atomic E-state index is 9.83. The van der Waals surface area contributed by atoms with E-state index >= 15 is 0 Å². The van der Waals surface area contributed by atoms with Crippen molar-refractivity contribution in [2.75, 3.05) is 0 Å². The molecule has 5 rings (SSSR count). The van der Waals surface area contributed by atoms with E-state index in [9.17, 15) is 5.26 Å². The number of pyridine rings is 2. The molecule has 0 bridgehead atoms. The van der Waals surface area contributed by atoms with Crippen LogP contribution in [0.25, 0.3) is 44.6 Å². The minimum absolute atomic E-state index is 0.410. The molecule has 4 heteroatoms. The second kappa shape index (κ2) is 8.43. The lowest BCUT2D eigenvalue weighted by atomic mass is 9.90. The maximum absolute atomic E-state index is 9.83. The summed E-state index contributed by atoms with van der Waals surface area (Å²) in [6.45, 7) is 10.9. The van der Waals surface area contributed by atoms with Crippen molar-refractivity contribution in [2.45, 2.75) is 40.5 Å². The van der Waals surface area contributed by atoms with Crippen molar-refractivity contribution in [3.8, 4) is 28.6 Å². The number of aromatic nitrogens is 2. The van der Waals surface area contributed by atoms with Gasteiger partial charge in [-0.05, 0) is 78.8 Å². The molecule has 34 heavy (non-hydrogen) atoms. The Morgan fingerprint density at radius 1 is 0.912 bits per heavy atom. The summed E-state index contributed by atoms with van der Waals surface area (Å²) in [7, 11) is 0. The third-order valence-electron chi connectivity index (χ3n) is 6.93. The van der Waals surface area contributed by atoms with Gasteiger partial charge in [0.25, 0.3) is 0 Å². The Bertz CT molecular complexity index is 1570. The maximum Gasteiger partial charge on any atom is 0.227 e. The molecule has 0 spiro atoms. The molecule has 0 saturated carbocycles. The number of furan rings is 1. The zero-order chi connectivity index (χ0) is 24.0. The first-order chi connectivity index (χ1) is 16.4. The third-order valence-corrected chi connectivity index (χ3v) is 6.93. The predicted molar refractivity (Wildman–Crippen MR) is 138 cm³/mol. The molecule has 0 aliphatic heterocycles. The first-order valence-corrected chi connectivity index (χ1v) is 11.7. The van der Waals surface area contributed by atoms with E-state index in [4.69, 9.17) is 9.40 Å². The van der Waals surface area contributed by atoms with E-state index in [0.717, 1.165) is 33.3 Å². The van der Waals surface area contributed by atoms with Gasteiger partial charge in [0.05, 0.1) is 23.0 Å². The highest BCUT2D eigenvalue weighted by Gasteiger charge is 2.20. The summed E-state index contributed by atoms with van der Waals surface area (Å²) >= 11 is 0. The van der Waals surface area contributed by atoms with E-state index in [0.29, 0.717) is 28.7 Å². The predicted octanol–water partition coefficient (Wildman–Crippen LogP) is 7.96. The topological polar surface area (TPSA) is 62.7 Å². The van der Waals surface area contributed by atoms with Gasteiger partial charge in [-0.25, -0.2) is 4.98 Å². The van der Waals surface area contributed by atoms with E-state index in [1.807, 2.05) is 30.5 Å². The molecule has 2 aromatic carbocycles. The number of benzene rings is 2. The standard InChI is InChI=1S/C30H27N3O/c1-17(2)20(5)21-13-14-32-26(15-21)23-10-9-22(16-31)28-24-11-12-25(33-30(24)34-29(23)28)27-18(3)7-6-8-19(27)4/h6-15,17,20H,1-5H3. The largest absolute Gasteiger partial charge is 0.437 e. The first-order valence-electron chi connectivity index (χ1n) is 11.7. The Kier molecular flexibility index (Phi) is 5.42. The van der Waals surface area contributed by atoms with Crippen molar-refractivity contribution < 1.29 is 4.42 Å². The number of fused-ring (bicyclic) bond motifs is 3. The zero-order valence-corrected chi connectivity index (χ0v) is 20.2. The molecule has 0 aliphatic rings. The van der Waals surface area contributed by atoms with Crippen LogP contribution in [-0.2, 0) is 0 Å². The van der Waals surface area contributed by atoms with Crippen molar-refractivity contribution in [3.63, 3.8) is 0 Å². The number of hydrogen-bond donors (Lipinski definition) is 0. The van der Waals surface area contributed by atoms with Crippen molar-refractivity contribution in [1.29, 1.82) is 5.26 Å². The van der Waals surface area contributed by atoms with Gasteiger partial charge in [0.1, 0.15) is 5.58 Å². The minimum Gasteiger partial charge on any atom is -0.437 e. The molecule has 0 aliphatic carbocycles. The summed E-state index contributed by atoms with van der Waals surface area (Å²) < 4.78 is 6.37. The second-order valence-corrected chi connectivity index (χ2v) is 9.40. The van der Waals surface area contributed by atoms with Gasteiger partial charge >= 0.3 is 0 Å². The second-order valence-electron chi connectivity index (χ2n) is 9.40. The lowest BCUT2D eigenvalue weighted by Gasteiger charge is -2.16. The van der Waals surface area contributed by atoms with Crippen molar-refractivity contribution in [3.05, 3.63) is 83.0 Å². The van der Waals surface area contributed by atoms with Crippen LogP contribution in [0.4, 0.5) is 0 Å². The molecule has 0 radical (unpaired) electrons. The van der Waals surface area contributed by atoms with Crippen LogP contribution in [0, 0.1) is 31.1 Å². The summed E-state index contributed by atoms with van der Waals surface area (Å²) in [5.74, 6) is 0.933. The van der Waals surface area contributed by atoms with Gasteiger partial charge in [0.15, 0.2) is 0 Å². The lowest BCUT2D eigenvalue weighted by molar-refractivity contribution is 0.535. The van der Waals surface area contributed by atoms with E-state index < -0.39 is 0 Å². The lowest BCUT2D eigenvalue weighted by Crippen LogP contribution is -2.02. The third kappa shape index (κ3) is 3.54. The van der Waals surface area contributed by atoms with Gasteiger partial charge in [-0.1, -0.05) is 39.0 Å². The molecule has 1 unspecified atom stereocenters. The Hall–Kier alpha value is -3.97. The molecule has 5 aromatic rings. The highest BCUT2D eigenvalue weighted by molar-refractivity contribution is 6.11. The molecule has 3 aromatic heterocycles. The molecular formula is C30H27N3O. The number of rotatable bonds is 4. The molecule has 0 N–H and O–H groups in total. The molecule has 1 atom stereocenters. The average molecular weight is 446 g/mol. The number of aryl methyl sites for hydroxylation is 2. The summed E-state index contributed by atoms with van der Waals surface area (Å²) in [4.78, 5) is 9.54. The van der Waals surface area contributed by atoms with Gasteiger partial charge in [-0.15, -0.1) is 0 Å². The average Bonchev–Trinajstić information content (AvgIpc) is 3.22. The Balaban J connectivity index is 1.75. The fourth-order valence-corrected chi connectivity index (χ4v) is 4.68. The fraction of sp³-hybridized carbons (Fsp3) is 0.233. The smallest absolute Gasteiger partial charge is 0.227 e. The van der Waals surface area contributed by atoms with Crippen LogP contribution in [0.1, 0.15) is 48.9 Å². The molecule has 168 valence electrons. The molecule has 4 nitrogen and oxygen atoms in total. The number of hydrogen-bond acceptors (Lipinski definition) is 4. The molecular weight excluding hydrogens is 418 g/mol. The van der Waals surface area contributed by atoms with Crippen LogP contribution in [-0.4, -0.2) is 9.97 Å². The first kappa shape index (κ1) is 21.9. The van der Waals surface area contributed by atoms with E-state index in [1.165, 1.54) is 16.7 Å². The Morgan fingerprint density at radius 2 is 1.68 bits per heavy atom. The van der Waals surface area contributed by atoms with Crippen LogP contribution in [0.5, 0.6) is 0 Å². The van der Waals surface area contributed by atoms with Gasteiger partial charge in [-0.2, -0.15) is 5.26 Å². The van der Waals surface area contributed by atoms with Crippen LogP contribution in [0.15, 0.2) is 65.2 Å². The van der Waals surface area contributed by atoms with Gasteiger partial charge in [0.2, 0.25) is 5.71 Å². The summed E-state index contributed by atoms with van der Waals surface area (Å²) in [6.07, 6.45) is 1.85. The normalized spacial score (nSPS) is 12.4. The molecule has 0 saturated heterocycles. The van der Waals surface area contributed by atoms with Gasteiger partial charge < -0.3 is 4.42 Å². The van der Waals surface area contributed by atoms with Crippen molar-refractivity contribution >= 4 is 22.1 Å². The minimum atomic E-state index is 0.410. The quantitative estimate of drug-likeness (QED) is 0.281. The SMILES string of the molecule is Cc1cccc(C)c1-c1ccc2c(n1)oc1c(-c3cc(C(C)C(C)C)ccn3)ccc(C#N)c12. The molecule has 0 amide bonds. The molecule has 3 heterocycles. The monoisotopic (exact) mass is 445 g/mol. The highest BCUT2D eigenvalue weighted by atomic mass is 16.3. The van der Waals surface area contributed by atoms with Crippen molar-refractivity contribution in [1.82, 2.24) is 9.97 Å². The van der Waals surface area contributed by atoms with E-state index in [-0.39, 0.29) is 0 Å². The highest BCUT2D eigenvalue weighted by Crippen LogP contribution is 2.39. The molecule has 0 fully saturated rings. The Morgan fingerprint density at radius 3 is 2.38 bits per heavy atom. The van der Waals surface area contributed by atoms with Crippen LogP contribution >= 0.6 is 0 Å². The van der Waals surface area contributed by atoms with Crippen LogP contribution in [0.2, 0.25) is 0 Å². The van der Waals surface area contributed by atoms with E-state index in [1.54, 1.807) is 0 Å². The summed E-state index contributed by atoms with van der Waals surface area (Å²) in [5, 5.41) is 11.5. The van der Waals surface area contributed by atoms with Crippen LogP contribution < -0.4 is 0 Å². The Labute approximate surface area is 199 Å². The zero-order valence-electron chi connectivity index (χ0n) is 20.2. The van der Waals surface area contributed by atoms with Gasteiger partial charge in [-0.3, -0.25) is 4.98 Å². The fourth-order valence-electron chi connectivity index (χ4n) is 4.68. The summed E-state index contributed by atoms with van der Waals surface area (Å²) in [5.41, 5.74) is 9.04. The van der Waals surface area contributed by atoms with Gasteiger partial charge in [0, 0.05) is 28.1 Å². The van der Waals surface area contributed by atoms with E-state index in [2.05, 4.69) is 76.0 Å². The summed E-state index contributed by atoms with van der Waals surface area (Å²) in [6, 6.07) is 20.6. The van der Waals surface area contributed by atoms with Crippen molar-refractivity contribution in [2.24, 2.45) is 5.92 Å². The van der Waals surface area contributed by atoms with Crippen LogP contribution in [0.3, 0.4) is 0 Å².